The number of aromatic hydroxyl groups is 1. The molecule has 0 amide bonds. The summed E-state index contributed by atoms with van der Waals surface area (Å²) in [6.45, 7) is 4.22. The van der Waals surface area contributed by atoms with Gasteiger partial charge in [0.25, 0.3) is 0 Å². The highest BCUT2D eigenvalue weighted by Gasteiger charge is 2.27. The number of ketones is 1. The molecule has 2 unspecified atom stereocenters. The first-order chi connectivity index (χ1) is 17.9. The van der Waals surface area contributed by atoms with Crippen LogP contribution in [0.25, 0.3) is 0 Å². The maximum absolute atomic E-state index is 13.0. The number of aryl methyl sites for hydroxylation is 1. The zero-order valence-electron chi connectivity index (χ0n) is 21.9. The molecule has 3 rings (SSSR count). The summed E-state index contributed by atoms with van der Waals surface area (Å²) in [6, 6.07) is 12.1. The number of benzene rings is 2. The Labute approximate surface area is 219 Å². The van der Waals surface area contributed by atoms with E-state index in [0.717, 1.165) is 36.8 Å². The number of phenols is 1. The van der Waals surface area contributed by atoms with E-state index in [9.17, 15) is 14.7 Å². The summed E-state index contributed by atoms with van der Waals surface area (Å²) in [5.41, 5.74) is 2.08. The van der Waals surface area contributed by atoms with E-state index in [4.69, 9.17) is 14.2 Å². The van der Waals surface area contributed by atoms with E-state index < -0.39 is 6.10 Å². The lowest BCUT2D eigenvalue weighted by molar-refractivity contribution is -0.150. The number of rotatable bonds is 15. The minimum Gasteiger partial charge on any atom is -0.508 e. The molecule has 0 bridgehead atoms. The fourth-order valence-electron chi connectivity index (χ4n) is 4.47. The van der Waals surface area contributed by atoms with Crippen molar-refractivity contribution in [2.24, 2.45) is 10.9 Å². The van der Waals surface area contributed by atoms with Gasteiger partial charge in [-0.3, -0.25) is 14.6 Å². The lowest BCUT2D eigenvalue weighted by Crippen LogP contribution is -2.29. The molecule has 2 aromatic carbocycles. The van der Waals surface area contributed by atoms with Crippen LogP contribution in [0.2, 0.25) is 0 Å². The molecule has 1 aliphatic heterocycles. The lowest BCUT2D eigenvalue weighted by atomic mass is 9.86. The summed E-state index contributed by atoms with van der Waals surface area (Å²) < 4.78 is 17.0. The number of nitrogens with zero attached hydrogens (tertiary/aromatic N) is 1. The van der Waals surface area contributed by atoms with Crippen LogP contribution in [0.3, 0.4) is 0 Å². The molecule has 37 heavy (non-hydrogen) atoms. The van der Waals surface area contributed by atoms with E-state index in [0.29, 0.717) is 36.6 Å². The van der Waals surface area contributed by atoms with E-state index in [1.165, 1.54) is 13.0 Å². The zero-order valence-corrected chi connectivity index (χ0v) is 21.9. The van der Waals surface area contributed by atoms with E-state index in [1.807, 2.05) is 18.3 Å². The van der Waals surface area contributed by atoms with Crippen LogP contribution in [0.5, 0.6) is 23.0 Å². The van der Waals surface area contributed by atoms with E-state index in [2.05, 4.69) is 18.0 Å². The van der Waals surface area contributed by atoms with Crippen molar-refractivity contribution in [3.8, 4) is 23.0 Å². The second-order valence-corrected chi connectivity index (χ2v) is 9.36. The number of hydrogen-bond donors (Lipinski definition) is 1. The van der Waals surface area contributed by atoms with Crippen molar-refractivity contribution in [1.82, 2.24) is 0 Å². The number of ether oxygens (including phenoxy) is 3. The molecule has 1 aliphatic rings. The fourth-order valence-corrected chi connectivity index (χ4v) is 4.47. The third-order valence-corrected chi connectivity index (χ3v) is 6.38. The molecule has 2 aromatic rings. The van der Waals surface area contributed by atoms with Gasteiger partial charge in [-0.1, -0.05) is 38.0 Å². The Balaban J connectivity index is 1.63. The van der Waals surface area contributed by atoms with Gasteiger partial charge in [0.05, 0.1) is 13.7 Å². The summed E-state index contributed by atoms with van der Waals surface area (Å²) in [4.78, 5) is 29.1. The molecule has 7 heteroatoms. The standard InChI is InChI=1S/C30H37NO6/c1-4-5-7-24(16-23-14-15-31-20-23)29(36-21(2)32)19-26(34)12-10-22-11-13-28(30(17-22)35-3)37-27-9-6-8-25(33)18-27/h6,8-9,11,13-14,17-18,20,24,29,33H,4-5,7,10,12,15-16,19H2,1-3H3. The fraction of sp³-hybridized carbons (Fsp3) is 0.433. The molecule has 7 nitrogen and oxygen atoms in total. The summed E-state index contributed by atoms with van der Waals surface area (Å²) in [7, 11) is 1.56. The number of hydrogen-bond acceptors (Lipinski definition) is 7. The van der Waals surface area contributed by atoms with Crippen LogP contribution < -0.4 is 9.47 Å². The largest absolute Gasteiger partial charge is 0.508 e. The van der Waals surface area contributed by atoms with Crippen molar-refractivity contribution < 1.29 is 28.9 Å². The SMILES string of the molecule is CCCCC(CC1=CCN=C1)C(CC(=O)CCc1ccc(Oc2cccc(O)c2)c(OC)c1)OC(C)=O. The van der Waals surface area contributed by atoms with Gasteiger partial charge < -0.3 is 19.3 Å². The number of allylic oxidation sites excluding steroid dienone is 1. The Morgan fingerprint density at radius 2 is 1.97 bits per heavy atom. The number of aliphatic imine (C=N–C) groups is 1. The van der Waals surface area contributed by atoms with Crippen LogP contribution in [0.1, 0.15) is 57.9 Å². The second kappa shape index (κ2) is 14.2. The zero-order chi connectivity index (χ0) is 26.6. The predicted octanol–water partition coefficient (Wildman–Crippen LogP) is 6.22. The molecule has 1 heterocycles. The number of methoxy groups -OCH3 is 1. The van der Waals surface area contributed by atoms with Crippen molar-refractivity contribution in [3.63, 3.8) is 0 Å². The minimum absolute atomic E-state index is 0.0564. The van der Waals surface area contributed by atoms with Crippen molar-refractivity contribution in [2.45, 2.75) is 64.9 Å². The smallest absolute Gasteiger partial charge is 0.302 e. The molecule has 0 radical (unpaired) electrons. The van der Waals surface area contributed by atoms with Crippen LogP contribution in [0.4, 0.5) is 0 Å². The Morgan fingerprint density at radius 3 is 2.65 bits per heavy atom. The highest BCUT2D eigenvalue weighted by atomic mass is 16.5. The molecular weight excluding hydrogens is 470 g/mol. The average Bonchev–Trinajstić information content (AvgIpc) is 3.38. The summed E-state index contributed by atoms with van der Waals surface area (Å²) in [6.07, 6.45) is 8.30. The number of esters is 1. The topological polar surface area (TPSA) is 94.4 Å². The normalized spacial score (nSPS) is 14.1. The number of carbonyl (C=O) groups excluding carboxylic acids is 2. The van der Waals surface area contributed by atoms with E-state index >= 15 is 0 Å². The highest BCUT2D eigenvalue weighted by molar-refractivity contribution is 5.81. The van der Waals surface area contributed by atoms with Gasteiger partial charge in [0.2, 0.25) is 0 Å². The monoisotopic (exact) mass is 507 g/mol. The molecule has 0 spiro atoms. The molecule has 0 saturated heterocycles. The van der Waals surface area contributed by atoms with Gasteiger partial charge in [0.15, 0.2) is 11.5 Å². The Kier molecular flexibility index (Phi) is 10.7. The maximum Gasteiger partial charge on any atom is 0.302 e. The van der Waals surface area contributed by atoms with Gasteiger partial charge in [-0.15, -0.1) is 0 Å². The van der Waals surface area contributed by atoms with Gasteiger partial charge in [0, 0.05) is 38.0 Å². The molecule has 2 atom stereocenters. The molecule has 1 N–H and O–H groups in total. The van der Waals surface area contributed by atoms with E-state index in [-0.39, 0.29) is 29.8 Å². The Morgan fingerprint density at radius 1 is 1.14 bits per heavy atom. The quantitative estimate of drug-likeness (QED) is 0.288. The highest BCUT2D eigenvalue weighted by Crippen LogP contribution is 2.34. The van der Waals surface area contributed by atoms with Gasteiger partial charge >= 0.3 is 5.97 Å². The van der Waals surface area contributed by atoms with Crippen molar-refractivity contribution in [1.29, 1.82) is 0 Å². The maximum atomic E-state index is 13.0. The van der Waals surface area contributed by atoms with Crippen LogP contribution in [-0.2, 0) is 20.7 Å². The van der Waals surface area contributed by atoms with Crippen LogP contribution in [-0.4, -0.2) is 42.8 Å². The first-order valence-corrected chi connectivity index (χ1v) is 12.9. The van der Waals surface area contributed by atoms with Crippen molar-refractivity contribution in [3.05, 3.63) is 59.7 Å². The van der Waals surface area contributed by atoms with Crippen molar-refractivity contribution in [2.75, 3.05) is 13.7 Å². The summed E-state index contributed by atoms with van der Waals surface area (Å²) >= 11 is 0. The summed E-state index contributed by atoms with van der Waals surface area (Å²) in [5, 5.41) is 9.66. The Hall–Kier alpha value is -3.61. The van der Waals surface area contributed by atoms with Crippen molar-refractivity contribution >= 4 is 18.0 Å². The van der Waals surface area contributed by atoms with Crippen LogP contribution in [0, 0.1) is 5.92 Å². The molecule has 0 aliphatic carbocycles. The van der Waals surface area contributed by atoms with Gasteiger partial charge in [0.1, 0.15) is 23.4 Å². The number of carbonyl (C=O) groups is 2. The molecule has 0 fully saturated rings. The van der Waals surface area contributed by atoms with Crippen LogP contribution >= 0.6 is 0 Å². The van der Waals surface area contributed by atoms with Gasteiger partial charge in [-0.05, 0) is 54.7 Å². The van der Waals surface area contributed by atoms with Gasteiger partial charge in [-0.25, -0.2) is 0 Å². The van der Waals surface area contributed by atoms with Gasteiger partial charge in [-0.2, -0.15) is 0 Å². The molecule has 0 saturated carbocycles. The second-order valence-electron chi connectivity index (χ2n) is 9.36. The number of phenolic OH excluding ortho intramolecular Hbond substituents is 1. The number of unbranched alkanes of at least 4 members (excludes halogenated alkanes) is 1. The summed E-state index contributed by atoms with van der Waals surface area (Å²) in [5.74, 6) is 1.44. The molecular formula is C30H37NO6. The first kappa shape index (κ1) is 28.0. The predicted molar refractivity (Wildman–Crippen MR) is 144 cm³/mol. The third kappa shape index (κ3) is 9.08. The average molecular weight is 508 g/mol. The lowest BCUT2D eigenvalue weighted by Gasteiger charge is -2.26. The van der Waals surface area contributed by atoms with Crippen LogP contribution in [0.15, 0.2) is 59.1 Å². The third-order valence-electron chi connectivity index (χ3n) is 6.38. The molecule has 0 aromatic heterocycles. The Bertz CT molecular complexity index is 1120. The number of Topliss-reactive ketones (excluding diaryl/α,β-unsaturated/α-hetero) is 1. The molecule has 198 valence electrons. The van der Waals surface area contributed by atoms with E-state index in [1.54, 1.807) is 31.4 Å². The minimum atomic E-state index is -0.445. The first-order valence-electron chi connectivity index (χ1n) is 12.9.